The maximum atomic E-state index is 5.90. The maximum Gasteiger partial charge on any atom is 0.122 e. The molecule has 0 bridgehead atoms. The van der Waals surface area contributed by atoms with Crippen LogP contribution >= 0.6 is 0 Å². The van der Waals surface area contributed by atoms with Gasteiger partial charge in [-0.1, -0.05) is 31.5 Å². The molecule has 90 valence electrons. The monoisotopic (exact) mass is 221 g/mol. The third-order valence-electron chi connectivity index (χ3n) is 2.92. The molecule has 0 saturated heterocycles. The van der Waals surface area contributed by atoms with Gasteiger partial charge in [0, 0.05) is 11.6 Å². The SMILES string of the molecule is COc1ccc(C)cc1C(C)(C)CC(C)N. The van der Waals surface area contributed by atoms with Crippen LogP contribution < -0.4 is 10.5 Å². The summed E-state index contributed by atoms with van der Waals surface area (Å²) in [4.78, 5) is 0. The van der Waals surface area contributed by atoms with Crippen molar-refractivity contribution < 1.29 is 4.74 Å². The van der Waals surface area contributed by atoms with Crippen LogP contribution in [0, 0.1) is 6.92 Å². The second kappa shape index (κ2) is 4.88. The molecule has 0 radical (unpaired) electrons. The number of aryl methyl sites for hydroxylation is 1. The van der Waals surface area contributed by atoms with E-state index in [0.29, 0.717) is 0 Å². The molecule has 1 unspecified atom stereocenters. The highest BCUT2D eigenvalue weighted by molar-refractivity contribution is 5.41. The largest absolute Gasteiger partial charge is 0.496 e. The lowest BCUT2D eigenvalue weighted by atomic mass is 9.78. The molecule has 2 nitrogen and oxygen atoms in total. The summed E-state index contributed by atoms with van der Waals surface area (Å²) < 4.78 is 5.43. The van der Waals surface area contributed by atoms with Crippen molar-refractivity contribution in [3.8, 4) is 5.75 Å². The van der Waals surface area contributed by atoms with Crippen LogP contribution in [0.3, 0.4) is 0 Å². The molecule has 0 aromatic heterocycles. The van der Waals surface area contributed by atoms with Crippen LogP contribution in [0.15, 0.2) is 18.2 Å². The summed E-state index contributed by atoms with van der Waals surface area (Å²) in [6.45, 7) is 8.58. The molecular formula is C14H23NO. The minimum absolute atomic E-state index is 0.0472. The Bertz CT molecular complexity index is 356. The van der Waals surface area contributed by atoms with Crippen LogP contribution in [0.5, 0.6) is 5.75 Å². The third-order valence-corrected chi connectivity index (χ3v) is 2.92. The first kappa shape index (κ1) is 13.0. The Morgan fingerprint density at radius 2 is 2.00 bits per heavy atom. The van der Waals surface area contributed by atoms with E-state index in [1.54, 1.807) is 7.11 Å². The van der Waals surface area contributed by atoms with Gasteiger partial charge in [-0.3, -0.25) is 0 Å². The van der Waals surface area contributed by atoms with Gasteiger partial charge in [-0.25, -0.2) is 0 Å². The summed E-state index contributed by atoms with van der Waals surface area (Å²) in [6, 6.07) is 6.50. The van der Waals surface area contributed by atoms with Crippen LogP contribution in [-0.4, -0.2) is 13.2 Å². The Morgan fingerprint density at radius 3 is 2.50 bits per heavy atom. The second-order valence-electron chi connectivity index (χ2n) is 5.27. The number of hydrogen-bond donors (Lipinski definition) is 1. The molecule has 0 aliphatic carbocycles. The van der Waals surface area contributed by atoms with E-state index >= 15 is 0 Å². The van der Waals surface area contributed by atoms with Gasteiger partial charge in [0.2, 0.25) is 0 Å². The molecule has 0 amide bonds. The van der Waals surface area contributed by atoms with Crippen molar-refractivity contribution in [2.24, 2.45) is 5.73 Å². The highest BCUT2D eigenvalue weighted by Crippen LogP contribution is 2.35. The van der Waals surface area contributed by atoms with Crippen LogP contribution in [0.1, 0.15) is 38.3 Å². The fourth-order valence-corrected chi connectivity index (χ4v) is 2.27. The molecule has 1 aromatic rings. The summed E-state index contributed by atoms with van der Waals surface area (Å²) in [5.74, 6) is 0.955. The van der Waals surface area contributed by atoms with E-state index in [-0.39, 0.29) is 11.5 Å². The lowest BCUT2D eigenvalue weighted by Crippen LogP contribution is -2.28. The normalized spacial score (nSPS) is 13.6. The molecule has 0 spiro atoms. The van der Waals surface area contributed by atoms with E-state index in [2.05, 4.69) is 32.9 Å². The topological polar surface area (TPSA) is 35.2 Å². The van der Waals surface area contributed by atoms with E-state index in [1.165, 1.54) is 11.1 Å². The molecular weight excluding hydrogens is 198 g/mol. The maximum absolute atomic E-state index is 5.90. The summed E-state index contributed by atoms with van der Waals surface area (Å²) in [5.41, 5.74) is 8.45. The number of benzene rings is 1. The minimum atomic E-state index is 0.0472. The average molecular weight is 221 g/mol. The van der Waals surface area contributed by atoms with Crippen molar-refractivity contribution in [3.63, 3.8) is 0 Å². The van der Waals surface area contributed by atoms with Crippen LogP contribution in [0.4, 0.5) is 0 Å². The van der Waals surface area contributed by atoms with Crippen molar-refractivity contribution in [1.82, 2.24) is 0 Å². The van der Waals surface area contributed by atoms with Gasteiger partial charge in [0.05, 0.1) is 7.11 Å². The fourth-order valence-electron chi connectivity index (χ4n) is 2.27. The zero-order valence-electron chi connectivity index (χ0n) is 11.0. The van der Waals surface area contributed by atoms with E-state index in [9.17, 15) is 0 Å². The summed E-state index contributed by atoms with van der Waals surface area (Å²) >= 11 is 0. The van der Waals surface area contributed by atoms with Crippen molar-refractivity contribution in [2.75, 3.05) is 7.11 Å². The Kier molecular flexibility index (Phi) is 3.98. The molecule has 2 heteroatoms. The molecule has 1 aromatic carbocycles. The van der Waals surface area contributed by atoms with E-state index in [4.69, 9.17) is 10.5 Å². The van der Waals surface area contributed by atoms with Gasteiger partial charge in [-0.15, -0.1) is 0 Å². The van der Waals surface area contributed by atoms with Gasteiger partial charge in [-0.05, 0) is 31.7 Å². The lowest BCUT2D eigenvalue weighted by Gasteiger charge is -2.29. The first-order chi connectivity index (χ1) is 7.36. The molecule has 0 aliphatic heterocycles. The quantitative estimate of drug-likeness (QED) is 0.848. The number of nitrogens with two attached hydrogens (primary N) is 1. The molecule has 0 saturated carbocycles. The number of methoxy groups -OCH3 is 1. The van der Waals surface area contributed by atoms with Gasteiger partial charge >= 0.3 is 0 Å². The van der Waals surface area contributed by atoms with E-state index in [0.717, 1.165) is 12.2 Å². The lowest BCUT2D eigenvalue weighted by molar-refractivity contribution is 0.376. The van der Waals surface area contributed by atoms with Crippen molar-refractivity contribution in [3.05, 3.63) is 29.3 Å². The van der Waals surface area contributed by atoms with Gasteiger partial charge in [0.25, 0.3) is 0 Å². The zero-order valence-corrected chi connectivity index (χ0v) is 11.0. The smallest absolute Gasteiger partial charge is 0.122 e. The third kappa shape index (κ3) is 2.99. The average Bonchev–Trinajstić information content (AvgIpc) is 2.15. The molecule has 0 heterocycles. The highest BCUT2D eigenvalue weighted by atomic mass is 16.5. The van der Waals surface area contributed by atoms with Crippen molar-refractivity contribution in [1.29, 1.82) is 0 Å². The molecule has 0 fully saturated rings. The predicted molar refractivity (Wildman–Crippen MR) is 69.0 cm³/mol. The van der Waals surface area contributed by atoms with Gasteiger partial charge < -0.3 is 10.5 Å². The van der Waals surface area contributed by atoms with E-state index in [1.807, 2.05) is 13.0 Å². The number of rotatable bonds is 4. The summed E-state index contributed by atoms with van der Waals surface area (Å²) in [7, 11) is 1.72. The predicted octanol–water partition coefficient (Wildman–Crippen LogP) is 3.02. The molecule has 2 N–H and O–H groups in total. The van der Waals surface area contributed by atoms with Crippen molar-refractivity contribution in [2.45, 2.75) is 45.6 Å². The zero-order chi connectivity index (χ0) is 12.3. The summed E-state index contributed by atoms with van der Waals surface area (Å²) in [6.07, 6.45) is 0.951. The van der Waals surface area contributed by atoms with Crippen LogP contribution in [0.25, 0.3) is 0 Å². The molecule has 1 rings (SSSR count). The number of ether oxygens (including phenoxy) is 1. The standard InChI is InChI=1S/C14H23NO/c1-10-6-7-13(16-5)12(8-10)14(3,4)9-11(2)15/h6-8,11H,9,15H2,1-5H3. The highest BCUT2D eigenvalue weighted by Gasteiger charge is 2.25. The Morgan fingerprint density at radius 1 is 1.38 bits per heavy atom. The van der Waals surface area contributed by atoms with Crippen molar-refractivity contribution >= 4 is 0 Å². The minimum Gasteiger partial charge on any atom is -0.496 e. The first-order valence-corrected chi connectivity index (χ1v) is 5.77. The Balaban J connectivity index is 3.14. The molecule has 16 heavy (non-hydrogen) atoms. The Labute approximate surface area is 98.8 Å². The van der Waals surface area contributed by atoms with Crippen LogP contribution in [-0.2, 0) is 5.41 Å². The first-order valence-electron chi connectivity index (χ1n) is 5.77. The summed E-state index contributed by atoms with van der Waals surface area (Å²) in [5, 5.41) is 0. The van der Waals surface area contributed by atoms with Gasteiger partial charge in [-0.2, -0.15) is 0 Å². The van der Waals surface area contributed by atoms with E-state index < -0.39 is 0 Å². The second-order valence-corrected chi connectivity index (χ2v) is 5.27. The van der Waals surface area contributed by atoms with Crippen LogP contribution in [0.2, 0.25) is 0 Å². The Hall–Kier alpha value is -1.02. The number of hydrogen-bond acceptors (Lipinski definition) is 2. The fraction of sp³-hybridized carbons (Fsp3) is 0.571. The van der Waals surface area contributed by atoms with Gasteiger partial charge in [0.1, 0.15) is 5.75 Å². The molecule has 0 aliphatic rings. The van der Waals surface area contributed by atoms with Gasteiger partial charge in [0.15, 0.2) is 0 Å². The molecule has 1 atom stereocenters.